The Bertz CT molecular complexity index is 739. The monoisotopic (exact) mass is 358 g/mol. The summed E-state index contributed by atoms with van der Waals surface area (Å²) in [6.07, 6.45) is 1.74. The van der Waals surface area contributed by atoms with Gasteiger partial charge in [-0.1, -0.05) is 22.0 Å². The van der Waals surface area contributed by atoms with E-state index in [0.717, 1.165) is 27.0 Å². The third-order valence-electron chi connectivity index (χ3n) is 3.51. The number of hydrogen-bond donors (Lipinski definition) is 2. The number of amides is 1. The highest BCUT2D eigenvalue weighted by molar-refractivity contribution is 9.10. The lowest BCUT2D eigenvalue weighted by atomic mass is 9.96. The van der Waals surface area contributed by atoms with E-state index >= 15 is 0 Å². The van der Waals surface area contributed by atoms with E-state index in [1.807, 2.05) is 42.5 Å². The Morgan fingerprint density at radius 1 is 1.23 bits per heavy atom. The lowest BCUT2D eigenvalue weighted by Gasteiger charge is -2.20. The van der Waals surface area contributed by atoms with Gasteiger partial charge >= 0.3 is 0 Å². The second kappa shape index (κ2) is 6.23. The van der Waals surface area contributed by atoms with Crippen molar-refractivity contribution >= 4 is 33.1 Å². The average Bonchev–Trinajstić information content (AvgIpc) is 2.54. The number of carbonyl (C=O) groups is 1. The minimum absolute atomic E-state index is 0.0733. The van der Waals surface area contributed by atoms with Gasteiger partial charge in [-0.3, -0.25) is 4.79 Å². The first-order valence-corrected chi connectivity index (χ1v) is 7.64. The van der Waals surface area contributed by atoms with Gasteiger partial charge in [0.25, 0.3) is 5.91 Å². The fraction of sp³-hybridized carbons (Fsp3) is 0.118. The Morgan fingerprint density at radius 3 is 2.73 bits per heavy atom. The Balaban J connectivity index is 1.88. The van der Waals surface area contributed by atoms with E-state index < -0.39 is 0 Å². The molecule has 0 radical (unpaired) electrons. The molecule has 0 aliphatic carbocycles. The van der Waals surface area contributed by atoms with E-state index in [0.29, 0.717) is 12.1 Å². The molecule has 22 heavy (non-hydrogen) atoms. The van der Waals surface area contributed by atoms with Crippen LogP contribution in [-0.4, -0.2) is 13.0 Å². The highest BCUT2D eigenvalue weighted by Gasteiger charge is 2.20. The molecule has 1 aliphatic rings. The first kappa shape index (κ1) is 14.7. The minimum Gasteiger partial charge on any atom is -0.497 e. The van der Waals surface area contributed by atoms with E-state index in [4.69, 9.17) is 4.74 Å². The van der Waals surface area contributed by atoms with Crippen molar-refractivity contribution in [3.8, 4) is 5.75 Å². The summed E-state index contributed by atoms with van der Waals surface area (Å²) in [6, 6.07) is 13.5. The molecular weight excluding hydrogens is 344 g/mol. The van der Waals surface area contributed by atoms with Crippen LogP contribution in [0.3, 0.4) is 0 Å². The van der Waals surface area contributed by atoms with Crippen LogP contribution in [-0.2, 0) is 11.3 Å². The molecule has 4 nitrogen and oxygen atoms in total. The van der Waals surface area contributed by atoms with Crippen molar-refractivity contribution in [1.82, 2.24) is 5.32 Å². The first-order chi connectivity index (χ1) is 10.7. The second-order valence-corrected chi connectivity index (χ2v) is 5.83. The van der Waals surface area contributed by atoms with Gasteiger partial charge in [0.1, 0.15) is 5.75 Å². The number of fused-ring (bicyclic) bond motifs is 1. The molecule has 0 bridgehead atoms. The summed E-state index contributed by atoms with van der Waals surface area (Å²) >= 11 is 3.46. The number of anilines is 1. The minimum atomic E-state index is -0.0733. The van der Waals surface area contributed by atoms with Crippen LogP contribution in [0.2, 0.25) is 0 Å². The molecule has 1 amide bonds. The number of hydrogen-bond acceptors (Lipinski definition) is 3. The number of ether oxygens (including phenoxy) is 1. The first-order valence-electron chi connectivity index (χ1n) is 6.85. The molecule has 0 fully saturated rings. The number of benzene rings is 2. The summed E-state index contributed by atoms with van der Waals surface area (Å²) in [5.41, 5.74) is 3.57. The molecule has 0 atom stereocenters. The Labute approximate surface area is 137 Å². The normalized spacial score (nSPS) is 15.2. The standard InChI is InChI=1S/C17H15BrN2O2/c1-22-14-5-3-13(4-6-14)19-10-16-15-7-2-12(18)8-11(15)9-20-17(16)21/h2-8,10,19H,9H2,1H3,(H,20,21). The molecule has 2 aromatic carbocycles. The van der Waals surface area contributed by atoms with Crippen molar-refractivity contribution in [2.45, 2.75) is 6.54 Å². The van der Waals surface area contributed by atoms with Gasteiger partial charge in [-0.2, -0.15) is 0 Å². The number of nitrogens with one attached hydrogen (secondary N) is 2. The molecule has 5 heteroatoms. The summed E-state index contributed by atoms with van der Waals surface area (Å²) in [7, 11) is 1.63. The molecule has 0 spiro atoms. The fourth-order valence-corrected chi connectivity index (χ4v) is 2.76. The third kappa shape index (κ3) is 2.99. The van der Waals surface area contributed by atoms with Crippen LogP contribution in [0.25, 0.3) is 5.57 Å². The summed E-state index contributed by atoms with van der Waals surface area (Å²) in [5.74, 6) is 0.722. The molecule has 0 aromatic heterocycles. The summed E-state index contributed by atoms with van der Waals surface area (Å²) in [4.78, 5) is 12.1. The lowest BCUT2D eigenvalue weighted by Crippen LogP contribution is -2.29. The maximum Gasteiger partial charge on any atom is 0.253 e. The molecule has 0 unspecified atom stereocenters. The van der Waals surface area contributed by atoms with E-state index in [1.54, 1.807) is 13.3 Å². The zero-order valence-corrected chi connectivity index (χ0v) is 13.6. The van der Waals surface area contributed by atoms with Crippen LogP contribution in [0, 0.1) is 0 Å². The Hall–Kier alpha value is -2.27. The van der Waals surface area contributed by atoms with Crippen LogP contribution in [0.5, 0.6) is 5.75 Å². The van der Waals surface area contributed by atoms with Crippen molar-refractivity contribution < 1.29 is 9.53 Å². The van der Waals surface area contributed by atoms with Crippen LogP contribution in [0.1, 0.15) is 11.1 Å². The fourth-order valence-electron chi connectivity index (χ4n) is 2.35. The van der Waals surface area contributed by atoms with Gasteiger partial charge in [-0.15, -0.1) is 0 Å². The lowest BCUT2D eigenvalue weighted by molar-refractivity contribution is -0.116. The van der Waals surface area contributed by atoms with Gasteiger partial charge < -0.3 is 15.4 Å². The topological polar surface area (TPSA) is 50.4 Å². The third-order valence-corrected chi connectivity index (χ3v) is 4.01. The molecule has 2 N–H and O–H groups in total. The summed E-state index contributed by atoms with van der Waals surface area (Å²) in [6.45, 7) is 0.549. The van der Waals surface area contributed by atoms with E-state index in [9.17, 15) is 4.79 Å². The molecule has 0 saturated heterocycles. The quantitative estimate of drug-likeness (QED) is 0.825. The van der Waals surface area contributed by atoms with Crippen molar-refractivity contribution in [3.05, 3.63) is 64.3 Å². The smallest absolute Gasteiger partial charge is 0.253 e. The number of methoxy groups -OCH3 is 1. The summed E-state index contributed by atoms with van der Waals surface area (Å²) < 4.78 is 6.13. The molecule has 0 saturated carbocycles. The average molecular weight is 359 g/mol. The Kier molecular flexibility index (Phi) is 4.15. The number of rotatable bonds is 3. The maximum atomic E-state index is 12.1. The molecule has 2 aromatic rings. The summed E-state index contributed by atoms with van der Waals surface area (Å²) in [5, 5.41) is 6.04. The van der Waals surface area contributed by atoms with Crippen molar-refractivity contribution in [1.29, 1.82) is 0 Å². The zero-order valence-electron chi connectivity index (χ0n) is 12.0. The predicted octanol–water partition coefficient (Wildman–Crippen LogP) is 3.54. The van der Waals surface area contributed by atoms with Gasteiger partial charge in [0.2, 0.25) is 0 Å². The van der Waals surface area contributed by atoms with Gasteiger partial charge in [0.05, 0.1) is 12.7 Å². The highest BCUT2D eigenvalue weighted by Crippen LogP contribution is 2.27. The van der Waals surface area contributed by atoms with Crippen molar-refractivity contribution in [2.75, 3.05) is 12.4 Å². The van der Waals surface area contributed by atoms with Crippen LogP contribution >= 0.6 is 15.9 Å². The van der Waals surface area contributed by atoms with Crippen LogP contribution in [0.15, 0.2) is 53.1 Å². The number of halogens is 1. The van der Waals surface area contributed by atoms with Gasteiger partial charge in [0, 0.05) is 22.9 Å². The molecule has 112 valence electrons. The zero-order chi connectivity index (χ0) is 15.5. The van der Waals surface area contributed by atoms with Gasteiger partial charge in [-0.25, -0.2) is 0 Å². The van der Waals surface area contributed by atoms with Crippen LogP contribution in [0.4, 0.5) is 5.69 Å². The Morgan fingerprint density at radius 2 is 2.00 bits per heavy atom. The highest BCUT2D eigenvalue weighted by atomic mass is 79.9. The van der Waals surface area contributed by atoms with E-state index in [2.05, 4.69) is 26.6 Å². The van der Waals surface area contributed by atoms with Gasteiger partial charge in [0.15, 0.2) is 0 Å². The van der Waals surface area contributed by atoms with E-state index in [1.165, 1.54) is 0 Å². The van der Waals surface area contributed by atoms with Crippen LogP contribution < -0.4 is 15.4 Å². The van der Waals surface area contributed by atoms with Crippen molar-refractivity contribution in [2.24, 2.45) is 0 Å². The second-order valence-electron chi connectivity index (χ2n) is 4.91. The predicted molar refractivity (Wildman–Crippen MR) is 90.6 cm³/mol. The molecule has 1 heterocycles. The van der Waals surface area contributed by atoms with E-state index in [-0.39, 0.29) is 5.91 Å². The molecular formula is C17H15BrN2O2. The van der Waals surface area contributed by atoms with Crippen molar-refractivity contribution in [3.63, 3.8) is 0 Å². The maximum absolute atomic E-state index is 12.1. The largest absolute Gasteiger partial charge is 0.497 e. The van der Waals surface area contributed by atoms with Gasteiger partial charge in [-0.05, 0) is 47.5 Å². The SMILES string of the molecule is COc1ccc(NC=C2C(=O)NCc3cc(Br)ccc32)cc1. The number of carbonyl (C=O) groups excluding carboxylic acids is 1. The molecule has 3 rings (SSSR count). The molecule has 1 aliphatic heterocycles.